The van der Waals surface area contributed by atoms with E-state index in [1.807, 2.05) is 0 Å². The van der Waals surface area contributed by atoms with Gasteiger partial charge in [-0.25, -0.2) is 0 Å². The Morgan fingerprint density at radius 3 is 1.27 bits per heavy atom. The van der Waals surface area contributed by atoms with Crippen LogP contribution in [0.4, 0.5) is 17.1 Å². The standard InChI is InChI=1S/C73H51NSi/c1-6-23-52(24-7-1)56-47-57(53-25-8-2-9-26-53)49-62(48-56)74(61-45-46-66-65-35-16-19-38-69(65)73(70(66)51-61,58-28-10-3-11-29-58)59-30-12-4-13-31-59)60-43-41-54(42-44-60)55-27-22-34-64(50-55)75(63-32-14-5-15-33-63)71-39-20-17-36-67(71)68-37-18-21-40-72(68)75/h1-51H. The highest BCUT2D eigenvalue weighted by Crippen LogP contribution is 2.57. The van der Waals surface area contributed by atoms with Gasteiger partial charge in [-0.2, -0.15) is 0 Å². The number of anilines is 3. The molecule has 0 saturated carbocycles. The van der Waals surface area contributed by atoms with Crippen molar-refractivity contribution in [3.63, 3.8) is 0 Å². The van der Waals surface area contributed by atoms with Gasteiger partial charge in [-0.05, 0) is 141 Å². The molecule has 75 heavy (non-hydrogen) atoms. The zero-order valence-electron chi connectivity index (χ0n) is 41.4. The molecule has 0 spiro atoms. The van der Waals surface area contributed by atoms with E-state index in [4.69, 9.17) is 0 Å². The molecule has 0 saturated heterocycles. The van der Waals surface area contributed by atoms with Crippen molar-refractivity contribution in [1.82, 2.24) is 0 Å². The molecule has 1 nitrogen and oxygen atoms in total. The zero-order valence-corrected chi connectivity index (χ0v) is 42.4. The van der Waals surface area contributed by atoms with Gasteiger partial charge < -0.3 is 4.90 Å². The van der Waals surface area contributed by atoms with E-state index in [0.29, 0.717) is 0 Å². The summed E-state index contributed by atoms with van der Waals surface area (Å²) in [5.74, 6) is 0. The molecular weight excluding hydrogens is 919 g/mol. The molecule has 2 heteroatoms. The molecule has 0 N–H and O–H groups in total. The molecule has 14 rings (SSSR count). The van der Waals surface area contributed by atoms with Crippen LogP contribution in [0, 0.1) is 0 Å². The number of hydrogen-bond donors (Lipinski definition) is 0. The second-order valence-electron chi connectivity index (χ2n) is 19.9. The van der Waals surface area contributed by atoms with Gasteiger partial charge >= 0.3 is 0 Å². The summed E-state index contributed by atoms with van der Waals surface area (Å²) in [6.45, 7) is 0. The monoisotopic (exact) mass is 969 g/mol. The molecule has 1 heterocycles. The summed E-state index contributed by atoms with van der Waals surface area (Å²) in [7, 11) is -2.68. The zero-order chi connectivity index (χ0) is 49.8. The first-order chi connectivity index (χ1) is 37.2. The third kappa shape index (κ3) is 7.13. The van der Waals surface area contributed by atoms with Gasteiger partial charge in [0.05, 0.1) is 5.41 Å². The van der Waals surface area contributed by atoms with Crippen LogP contribution in [0.2, 0.25) is 0 Å². The molecule has 352 valence electrons. The van der Waals surface area contributed by atoms with Crippen LogP contribution in [0.15, 0.2) is 309 Å². The highest BCUT2D eigenvalue weighted by atomic mass is 28.3. The van der Waals surface area contributed by atoms with Crippen LogP contribution in [-0.4, -0.2) is 8.07 Å². The van der Waals surface area contributed by atoms with Crippen molar-refractivity contribution in [2.75, 3.05) is 4.90 Å². The van der Waals surface area contributed by atoms with Gasteiger partial charge in [0.15, 0.2) is 8.07 Å². The summed E-state index contributed by atoms with van der Waals surface area (Å²) in [4.78, 5) is 2.48. The maximum absolute atomic E-state index is 2.68. The summed E-state index contributed by atoms with van der Waals surface area (Å²) in [5.41, 5.74) is 20.0. The Morgan fingerprint density at radius 1 is 0.240 bits per heavy atom. The van der Waals surface area contributed by atoms with Gasteiger partial charge in [-0.1, -0.05) is 267 Å². The summed E-state index contributed by atoms with van der Waals surface area (Å²) in [6.07, 6.45) is 0. The summed E-state index contributed by atoms with van der Waals surface area (Å²) in [5, 5.41) is 5.70. The van der Waals surface area contributed by atoms with Gasteiger partial charge in [-0.15, -0.1) is 0 Å². The fourth-order valence-corrected chi connectivity index (χ4v) is 18.0. The molecular formula is C73H51NSi. The molecule has 1 aliphatic carbocycles. The lowest BCUT2D eigenvalue weighted by Crippen LogP contribution is -2.72. The predicted octanol–water partition coefficient (Wildman–Crippen LogP) is 15.9. The SMILES string of the molecule is c1ccc(-c2cc(-c3ccccc3)cc(N(c3ccc(-c4cccc([Si]5(c6ccccc6)c6ccccc6-c6ccccc65)c4)cc3)c3ccc4c(c3)C(c3ccccc3)(c3ccccc3)c3ccccc3-4)c2)cc1. The van der Waals surface area contributed by atoms with Gasteiger partial charge in [0.1, 0.15) is 0 Å². The first kappa shape index (κ1) is 44.4. The largest absolute Gasteiger partial charge is 0.310 e. The van der Waals surface area contributed by atoms with Crippen molar-refractivity contribution in [3.8, 4) is 55.6 Å². The average molecular weight is 970 g/mol. The lowest BCUT2D eigenvalue weighted by Gasteiger charge is -2.35. The van der Waals surface area contributed by atoms with Crippen molar-refractivity contribution < 1.29 is 0 Å². The van der Waals surface area contributed by atoms with Crippen molar-refractivity contribution in [3.05, 3.63) is 332 Å². The molecule has 12 aromatic rings. The smallest absolute Gasteiger partial charge is 0.180 e. The molecule has 1 aliphatic heterocycles. The maximum atomic E-state index is 2.49. The summed E-state index contributed by atoms with van der Waals surface area (Å²) in [6, 6.07) is 115. The van der Waals surface area contributed by atoms with Crippen LogP contribution in [-0.2, 0) is 5.41 Å². The summed E-state index contributed by atoms with van der Waals surface area (Å²) >= 11 is 0. The molecule has 12 aromatic carbocycles. The Hall–Kier alpha value is -9.34. The Kier molecular flexibility index (Phi) is 10.8. The van der Waals surface area contributed by atoms with Crippen LogP contribution in [0.5, 0.6) is 0 Å². The minimum atomic E-state index is -2.68. The Labute approximate surface area is 441 Å². The highest BCUT2D eigenvalue weighted by Gasteiger charge is 2.49. The van der Waals surface area contributed by atoms with E-state index in [2.05, 4.69) is 314 Å². The third-order valence-corrected chi connectivity index (χ3v) is 20.9. The third-order valence-electron chi connectivity index (χ3n) is 16.0. The maximum Gasteiger partial charge on any atom is 0.180 e. The normalized spacial score (nSPS) is 13.3. The molecule has 0 aromatic heterocycles. The second-order valence-corrected chi connectivity index (χ2v) is 23.7. The molecule has 0 amide bonds. The Bertz CT molecular complexity index is 3900. The predicted molar refractivity (Wildman–Crippen MR) is 317 cm³/mol. The lowest BCUT2D eigenvalue weighted by atomic mass is 9.67. The average Bonchev–Trinajstić information content (AvgIpc) is 4.06. The minimum absolute atomic E-state index is 0.549. The summed E-state index contributed by atoms with van der Waals surface area (Å²) < 4.78 is 0. The van der Waals surface area contributed by atoms with Gasteiger partial charge in [0.25, 0.3) is 0 Å². The fourth-order valence-electron chi connectivity index (χ4n) is 12.8. The van der Waals surface area contributed by atoms with Crippen molar-refractivity contribution in [2.45, 2.75) is 5.41 Å². The van der Waals surface area contributed by atoms with Gasteiger partial charge in [0, 0.05) is 17.1 Å². The van der Waals surface area contributed by atoms with E-state index in [0.717, 1.165) is 28.2 Å². The number of benzene rings is 12. The van der Waals surface area contributed by atoms with E-state index in [-0.39, 0.29) is 0 Å². The van der Waals surface area contributed by atoms with Gasteiger partial charge in [0.2, 0.25) is 0 Å². The van der Waals surface area contributed by atoms with Crippen LogP contribution in [0.3, 0.4) is 0 Å². The minimum Gasteiger partial charge on any atom is -0.310 e. The molecule has 2 aliphatic rings. The molecule has 0 atom stereocenters. The van der Waals surface area contributed by atoms with E-state index in [9.17, 15) is 0 Å². The Morgan fingerprint density at radius 2 is 0.680 bits per heavy atom. The molecule has 0 unspecified atom stereocenters. The van der Waals surface area contributed by atoms with Crippen LogP contribution >= 0.6 is 0 Å². The van der Waals surface area contributed by atoms with E-state index >= 15 is 0 Å². The van der Waals surface area contributed by atoms with Crippen molar-refractivity contribution in [2.24, 2.45) is 0 Å². The van der Waals surface area contributed by atoms with Gasteiger partial charge in [-0.3, -0.25) is 0 Å². The van der Waals surface area contributed by atoms with Crippen molar-refractivity contribution in [1.29, 1.82) is 0 Å². The first-order valence-electron chi connectivity index (χ1n) is 26.1. The van der Waals surface area contributed by atoms with E-state index in [1.165, 1.54) is 87.5 Å². The highest BCUT2D eigenvalue weighted by molar-refractivity contribution is 7.22. The fraction of sp³-hybridized carbons (Fsp3) is 0.0137. The van der Waals surface area contributed by atoms with Crippen molar-refractivity contribution >= 4 is 45.9 Å². The number of hydrogen-bond acceptors (Lipinski definition) is 1. The van der Waals surface area contributed by atoms with Crippen LogP contribution in [0.1, 0.15) is 22.3 Å². The molecule has 0 radical (unpaired) electrons. The number of rotatable bonds is 10. The molecule has 0 bridgehead atoms. The topological polar surface area (TPSA) is 3.24 Å². The number of fused-ring (bicyclic) bond motifs is 6. The van der Waals surface area contributed by atoms with Crippen LogP contribution < -0.4 is 25.6 Å². The van der Waals surface area contributed by atoms with Crippen LogP contribution in [0.25, 0.3) is 55.6 Å². The van der Waals surface area contributed by atoms with E-state index in [1.54, 1.807) is 0 Å². The quantitative estimate of drug-likeness (QED) is 0.123. The number of nitrogens with zero attached hydrogens (tertiary/aromatic N) is 1. The molecule has 0 fully saturated rings. The first-order valence-corrected chi connectivity index (χ1v) is 28.1. The Balaban J connectivity index is 0.967. The van der Waals surface area contributed by atoms with E-state index < -0.39 is 13.5 Å². The lowest BCUT2D eigenvalue weighted by molar-refractivity contribution is 0.768. The second kappa shape index (κ2) is 18.3.